The Morgan fingerprint density at radius 2 is 1.83 bits per heavy atom. The number of halogens is 2. The lowest BCUT2D eigenvalue weighted by Crippen LogP contribution is -2.29. The van der Waals surface area contributed by atoms with Crippen LogP contribution in [0.2, 0.25) is 10.0 Å². The summed E-state index contributed by atoms with van der Waals surface area (Å²) in [5.74, 6) is 0. The number of carbonyl (C=O) groups excluding carboxylic acids is 1. The highest BCUT2D eigenvalue weighted by Crippen LogP contribution is 2.26. The second-order valence-electron chi connectivity index (χ2n) is 7.01. The maximum Gasteiger partial charge on any atom is 0.334 e. The van der Waals surface area contributed by atoms with Crippen molar-refractivity contribution in [1.29, 1.82) is 0 Å². The fourth-order valence-corrected chi connectivity index (χ4v) is 3.26. The van der Waals surface area contributed by atoms with Crippen LogP contribution in [0, 0.1) is 0 Å². The maximum absolute atomic E-state index is 12.6. The minimum atomic E-state index is -0.575. The van der Waals surface area contributed by atoms with Crippen LogP contribution in [0.3, 0.4) is 0 Å². The molecule has 3 N–H and O–H groups in total. The summed E-state index contributed by atoms with van der Waals surface area (Å²) in [5.41, 5.74) is 1.94. The van der Waals surface area contributed by atoms with Gasteiger partial charge in [0.2, 0.25) is 0 Å². The Hall–Kier alpha value is -2.32. The van der Waals surface area contributed by atoms with Crippen LogP contribution >= 0.6 is 23.2 Å². The average Bonchev–Trinajstić information content (AvgIpc) is 2.97. The lowest BCUT2D eigenvalue weighted by molar-refractivity contribution is 0.253. The molecule has 0 atom stereocenters. The fraction of sp³-hybridized carbons (Fsp3) is 0.300. The summed E-state index contributed by atoms with van der Waals surface area (Å²) < 4.78 is 0.998. The Bertz CT molecular complexity index is 1060. The van der Waals surface area contributed by atoms with Gasteiger partial charge in [0.25, 0.3) is 0 Å². The molecular formula is C20H23Cl2N5O2. The summed E-state index contributed by atoms with van der Waals surface area (Å²) in [4.78, 5) is 29.6. The van der Waals surface area contributed by atoms with Crippen molar-refractivity contribution in [3.05, 3.63) is 62.5 Å². The monoisotopic (exact) mass is 435 g/mol. The van der Waals surface area contributed by atoms with Gasteiger partial charge >= 0.3 is 11.7 Å². The van der Waals surface area contributed by atoms with Crippen molar-refractivity contribution in [2.45, 2.75) is 13.0 Å². The number of imidazole rings is 1. The molecule has 0 aliphatic carbocycles. The van der Waals surface area contributed by atoms with Crippen LogP contribution in [0.25, 0.3) is 11.0 Å². The van der Waals surface area contributed by atoms with E-state index >= 15 is 0 Å². The van der Waals surface area contributed by atoms with Crippen LogP contribution in [-0.2, 0) is 6.54 Å². The van der Waals surface area contributed by atoms with Crippen LogP contribution in [0.5, 0.6) is 0 Å². The van der Waals surface area contributed by atoms with Crippen molar-refractivity contribution in [1.82, 2.24) is 19.8 Å². The first-order valence-corrected chi connectivity index (χ1v) is 9.96. The molecule has 0 saturated carbocycles. The van der Waals surface area contributed by atoms with Gasteiger partial charge in [0.15, 0.2) is 0 Å². The zero-order chi connectivity index (χ0) is 21.0. The Morgan fingerprint density at radius 3 is 2.52 bits per heavy atom. The highest BCUT2D eigenvalue weighted by atomic mass is 35.5. The number of hydrogen-bond acceptors (Lipinski definition) is 4. The molecule has 1 aromatic heterocycles. The van der Waals surface area contributed by atoms with Crippen molar-refractivity contribution >= 4 is 46.0 Å². The van der Waals surface area contributed by atoms with Crippen LogP contribution in [0.1, 0.15) is 12.0 Å². The molecule has 0 bridgehead atoms. The number of benzene rings is 2. The number of anilines is 1. The number of fused-ring (bicyclic) bond motifs is 1. The average molecular weight is 436 g/mol. The molecule has 0 unspecified atom stereocenters. The number of rotatable bonds is 7. The van der Waals surface area contributed by atoms with Crippen LogP contribution < -0.4 is 16.3 Å². The quantitative estimate of drug-likeness (QED) is 0.493. The molecule has 1 heterocycles. The molecule has 29 heavy (non-hydrogen) atoms. The Kier molecular flexibility index (Phi) is 6.97. The number of hydrogen-bond donors (Lipinski definition) is 3. The van der Waals surface area contributed by atoms with E-state index < -0.39 is 11.7 Å². The minimum Gasteiger partial charge on any atom is -0.313 e. The number of nitrogens with zero attached hydrogens (tertiary/aromatic N) is 2. The summed E-state index contributed by atoms with van der Waals surface area (Å²) in [6, 6.07) is 9.91. The number of aromatic amines is 1. The number of nitrogens with one attached hydrogen (secondary N) is 3. The lowest BCUT2D eigenvalue weighted by Gasteiger charge is -2.10. The third-order valence-electron chi connectivity index (χ3n) is 4.42. The van der Waals surface area contributed by atoms with E-state index in [4.69, 9.17) is 23.2 Å². The topological polar surface area (TPSA) is 82.2 Å². The van der Waals surface area contributed by atoms with Crippen molar-refractivity contribution in [2.24, 2.45) is 0 Å². The van der Waals surface area contributed by atoms with Crippen molar-refractivity contribution in [2.75, 3.05) is 32.5 Å². The predicted octanol–water partition coefficient (Wildman–Crippen LogP) is 3.76. The zero-order valence-electron chi connectivity index (χ0n) is 16.3. The van der Waals surface area contributed by atoms with E-state index in [-0.39, 0.29) is 5.02 Å². The SMILES string of the molecule is CN(C)CCCNCc1ccc(NC(=O)n2c(=O)[nH]c3cc(Cl)c(Cl)cc32)cc1. The Labute approximate surface area is 178 Å². The van der Waals surface area contributed by atoms with E-state index in [0.717, 1.165) is 36.2 Å². The van der Waals surface area contributed by atoms with Gasteiger partial charge in [-0.1, -0.05) is 35.3 Å². The van der Waals surface area contributed by atoms with Crippen molar-refractivity contribution < 1.29 is 4.79 Å². The molecule has 0 spiro atoms. The van der Waals surface area contributed by atoms with E-state index in [9.17, 15) is 9.59 Å². The molecular weight excluding hydrogens is 413 g/mol. The normalized spacial score (nSPS) is 11.3. The van der Waals surface area contributed by atoms with Crippen LogP contribution in [0.4, 0.5) is 10.5 Å². The minimum absolute atomic E-state index is 0.266. The zero-order valence-corrected chi connectivity index (χ0v) is 17.8. The lowest BCUT2D eigenvalue weighted by atomic mass is 10.2. The van der Waals surface area contributed by atoms with Gasteiger partial charge in [-0.2, -0.15) is 0 Å². The van der Waals surface area contributed by atoms with Gasteiger partial charge in [-0.25, -0.2) is 14.2 Å². The molecule has 2 aromatic carbocycles. The Balaban J connectivity index is 1.64. The standard InChI is InChI=1S/C20H23Cl2N5O2/c1-26(2)9-3-8-23-12-13-4-6-14(7-5-13)24-19(28)27-18-11-16(22)15(21)10-17(18)25-20(27)29/h4-7,10-11,23H,3,8-9,12H2,1-2H3,(H,24,28)(H,25,29). The Morgan fingerprint density at radius 1 is 1.14 bits per heavy atom. The molecule has 0 radical (unpaired) electrons. The first-order valence-electron chi connectivity index (χ1n) is 9.20. The third kappa shape index (κ3) is 5.39. The molecule has 154 valence electrons. The van der Waals surface area contributed by atoms with Gasteiger partial charge in [-0.05, 0) is 63.4 Å². The summed E-state index contributed by atoms with van der Waals surface area (Å²) in [5, 5.41) is 6.69. The highest BCUT2D eigenvalue weighted by Gasteiger charge is 2.16. The van der Waals surface area contributed by atoms with Gasteiger partial charge in [-0.3, -0.25) is 0 Å². The molecule has 3 aromatic rings. The first-order chi connectivity index (χ1) is 13.8. The van der Waals surface area contributed by atoms with Crippen LogP contribution in [-0.4, -0.2) is 47.7 Å². The molecule has 0 fully saturated rings. The van der Waals surface area contributed by atoms with E-state index in [1.54, 1.807) is 12.1 Å². The molecule has 0 saturated heterocycles. The molecule has 0 aliphatic heterocycles. The second-order valence-corrected chi connectivity index (χ2v) is 7.82. The smallest absolute Gasteiger partial charge is 0.313 e. The molecule has 7 nitrogen and oxygen atoms in total. The maximum atomic E-state index is 12.6. The summed E-state index contributed by atoms with van der Waals surface area (Å²) in [7, 11) is 4.11. The van der Waals surface area contributed by atoms with Gasteiger partial charge in [0.05, 0.1) is 21.1 Å². The van der Waals surface area contributed by atoms with Gasteiger partial charge in [0, 0.05) is 12.2 Å². The van der Waals surface area contributed by atoms with Crippen molar-refractivity contribution in [3.8, 4) is 0 Å². The number of H-pyrrole nitrogens is 1. The molecule has 0 aliphatic rings. The van der Waals surface area contributed by atoms with E-state index in [2.05, 4.69) is 34.6 Å². The fourth-order valence-electron chi connectivity index (χ4n) is 2.94. The largest absolute Gasteiger partial charge is 0.334 e. The molecule has 1 amide bonds. The van der Waals surface area contributed by atoms with Gasteiger partial charge < -0.3 is 20.5 Å². The highest BCUT2D eigenvalue weighted by molar-refractivity contribution is 6.42. The molecule has 9 heteroatoms. The molecule has 3 rings (SSSR count). The first kappa shape index (κ1) is 21.4. The number of aromatic nitrogens is 2. The summed E-state index contributed by atoms with van der Waals surface area (Å²) in [6.07, 6.45) is 1.08. The van der Waals surface area contributed by atoms with E-state index in [1.165, 1.54) is 12.1 Å². The van der Waals surface area contributed by atoms with Crippen molar-refractivity contribution in [3.63, 3.8) is 0 Å². The second kappa shape index (κ2) is 9.45. The van der Waals surface area contributed by atoms with E-state index in [0.29, 0.717) is 21.7 Å². The number of amides is 1. The summed E-state index contributed by atoms with van der Waals surface area (Å²) in [6.45, 7) is 2.73. The summed E-state index contributed by atoms with van der Waals surface area (Å²) >= 11 is 12.0. The van der Waals surface area contributed by atoms with E-state index in [1.807, 2.05) is 12.1 Å². The number of carbonyl (C=O) groups is 1. The van der Waals surface area contributed by atoms with Gasteiger partial charge in [-0.15, -0.1) is 0 Å². The third-order valence-corrected chi connectivity index (χ3v) is 5.14. The predicted molar refractivity (Wildman–Crippen MR) is 118 cm³/mol. The van der Waals surface area contributed by atoms with Crippen LogP contribution in [0.15, 0.2) is 41.2 Å². The van der Waals surface area contributed by atoms with Gasteiger partial charge in [0.1, 0.15) is 0 Å².